The number of hydrogen-bond donors (Lipinski definition) is 1. The zero-order valence-electron chi connectivity index (χ0n) is 8.81. The minimum atomic E-state index is -4.11. The first-order chi connectivity index (χ1) is 8.07. The molecule has 0 spiro atoms. The minimum absolute atomic E-state index is 0.129. The summed E-state index contributed by atoms with van der Waals surface area (Å²) in [5.41, 5.74) is 6.46. The van der Waals surface area contributed by atoms with Gasteiger partial charge in [-0.25, -0.2) is 4.28 Å². The zero-order valence-corrected chi connectivity index (χ0v) is 9.63. The van der Waals surface area contributed by atoms with Crippen LogP contribution < -0.4 is 5.73 Å². The molecule has 0 bridgehead atoms. The first kappa shape index (κ1) is 11.7. The SMILES string of the molecule is NC1=NOS(=O)(=O)ON1CCc1ccccc1. The molecule has 2 rings (SSSR count). The Morgan fingerprint density at radius 2 is 2.00 bits per heavy atom. The molecule has 17 heavy (non-hydrogen) atoms. The summed E-state index contributed by atoms with van der Waals surface area (Å²) in [5, 5.41) is 4.16. The molecule has 0 aliphatic carbocycles. The van der Waals surface area contributed by atoms with Gasteiger partial charge in [0.15, 0.2) is 0 Å². The average molecular weight is 257 g/mol. The number of hydrogen-bond acceptors (Lipinski definition) is 7. The van der Waals surface area contributed by atoms with Gasteiger partial charge in [-0.3, -0.25) is 0 Å². The number of hydroxylamine groups is 2. The highest BCUT2D eigenvalue weighted by Crippen LogP contribution is 2.10. The molecule has 2 N–H and O–H groups in total. The molecule has 0 saturated heterocycles. The number of nitrogens with two attached hydrogens (primary N) is 1. The quantitative estimate of drug-likeness (QED) is 0.817. The Hall–Kier alpha value is -1.80. The second-order valence-corrected chi connectivity index (χ2v) is 4.46. The molecule has 92 valence electrons. The van der Waals surface area contributed by atoms with E-state index in [0.29, 0.717) is 6.42 Å². The highest BCUT2D eigenvalue weighted by molar-refractivity contribution is 7.81. The van der Waals surface area contributed by atoms with Crippen LogP contribution in [-0.2, 0) is 25.4 Å². The van der Waals surface area contributed by atoms with Crippen LogP contribution in [0.1, 0.15) is 5.56 Å². The Morgan fingerprint density at radius 3 is 2.71 bits per heavy atom. The van der Waals surface area contributed by atoms with Crippen LogP contribution in [0.5, 0.6) is 0 Å². The van der Waals surface area contributed by atoms with Crippen molar-refractivity contribution in [3.05, 3.63) is 35.9 Å². The van der Waals surface area contributed by atoms with Crippen molar-refractivity contribution < 1.29 is 17.0 Å². The third kappa shape index (κ3) is 3.08. The minimum Gasteiger partial charge on any atom is -0.365 e. The third-order valence-electron chi connectivity index (χ3n) is 2.11. The van der Waals surface area contributed by atoms with Gasteiger partial charge in [0.05, 0.1) is 6.54 Å². The van der Waals surface area contributed by atoms with Crippen molar-refractivity contribution in [3.8, 4) is 0 Å². The first-order valence-electron chi connectivity index (χ1n) is 4.85. The normalized spacial score (nSPS) is 18.4. The van der Waals surface area contributed by atoms with Gasteiger partial charge in [0.25, 0.3) is 5.96 Å². The van der Waals surface area contributed by atoms with E-state index in [0.717, 1.165) is 10.6 Å². The smallest absolute Gasteiger partial charge is 0.365 e. The van der Waals surface area contributed by atoms with Crippen LogP contribution >= 0.6 is 0 Å². The standard InChI is InChI=1S/C9H11N3O4S/c10-9-11-15-17(13,14)16-12(9)7-6-8-4-2-1-3-5-8/h1-5H,6-7H2,(H2,10,11). The summed E-state index contributed by atoms with van der Waals surface area (Å²) in [6.45, 7) is 0.266. The largest absolute Gasteiger partial charge is 0.491 e. The van der Waals surface area contributed by atoms with Crippen LogP contribution in [0.3, 0.4) is 0 Å². The van der Waals surface area contributed by atoms with Crippen molar-refractivity contribution in [1.29, 1.82) is 0 Å². The van der Waals surface area contributed by atoms with Gasteiger partial charge in [0.2, 0.25) is 0 Å². The second-order valence-electron chi connectivity index (χ2n) is 3.34. The fraction of sp³-hybridized carbons (Fsp3) is 0.222. The molecular formula is C9H11N3O4S. The molecule has 1 aromatic rings. The van der Waals surface area contributed by atoms with E-state index in [4.69, 9.17) is 5.73 Å². The molecule has 0 unspecified atom stereocenters. The van der Waals surface area contributed by atoms with Crippen LogP contribution in [0.2, 0.25) is 0 Å². The van der Waals surface area contributed by atoms with E-state index >= 15 is 0 Å². The van der Waals surface area contributed by atoms with E-state index in [9.17, 15) is 8.42 Å². The fourth-order valence-electron chi connectivity index (χ4n) is 1.32. The van der Waals surface area contributed by atoms with Gasteiger partial charge in [0.1, 0.15) is 0 Å². The van der Waals surface area contributed by atoms with Gasteiger partial charge < -0.3 is 5.73 Å². The van der Waals surface area contributed by atoms with Gasteiger partial charge in [-0.15, -0.1) is 4.28 Å². The molecule has 7 nitrogen and oxygen atoms in total. The lowest BCUT2D eigenvalue weighted by molar-refractivity contribution is -0.0126. The van der Waals surface area contributed by atoms with E-state index in [2.05, 4.69) is 13.7 Å². The number of rotatable bonds is 3. The summed E-state index contributed by atoms with van der Waals surface area (Å²) < 4.78 is 30.5. The number of oxime groups is 1. The second kappa shape index (κ2) is 4.60. The first-order valence-corrected chi connectivity index (χ1v) is 6.18. The average Bonchev–Trinajstić information content (AvgIpc) is 2.32. The maximum atomic E-state index is 11.0. The molecule has 1 aliphatic rings. The van der Waals surface area contributed by atoms with Gasteiger partial charge in [-0.1, -0.05) is 30.3 Å². The molecule has 1 aromatic carbocycles. The Kier molecular flexibility index (Phi) is 3.16. The van der Waals surface area contributed by atoms with E-state index in [1.165, 1.54) is 0 Å². The van der Waals surface area contributed by atoms with E-state index in [-0.39, 0.29) is 12.5 Å². The Bertz CT molecular complexity index is 514. The molecule has 0 saturated carbocycles. The third-order valence-corrected chi connectivity index (χ3v) is 2.72. The molecule has 0 fully saturated rings. The summed E-state index contributed by atoms with van der Waals surface area (Å²) in [4.78, 5) is 0. The fourth-order valence-corrected chi connectivity index (χ4v) is 1.88. The van der Waals surface area contributed by atoms with Crippen molar-refractivity contribution in [2.75, 3.05) is 6.54 Å². The number of nitrogens with zero attached hydrogens (tertiary/aromatic N) is 2. The van der Waals surface area contributed by atoms with Gasteiger partial charge in [-0.05, 0) is 17.1 Å². The van der Waals surface area contributed by atoms with Crippen LogP contribution in [0.15, 0.2) is 35.5 Å². The molecule has 1 heterocycles. The topological polar surface area (TPSA) is 94.2 Å². The zero-order chi connectivity index (χ0) is 12.3. The van der Waals surface area contributed by atoms with Crippen molar-refractivity contribution in [2.45, 2.75) is 6.42 Å². The van der Waals surface area contributed by atoms with E-state index < -0.39 is 10.4 Å². The molecule has 0 radical (unpaired) electrons. The Labute approximate surface area is 98.7 Å². The van der Waals surface area contributed by atoms with Crippen LogP contribution in [0.25, 0.3) is 0 Å². The lowest BCUT2D eigenvalue weighted by Crippen LogP contribution is -2.43. The van der Waals surface area contributed by atoms with Gasteiger partial charge >= 0.3 is 10.4 Å². The van der Waals surface area contributed by atoms with E-state index in [1.54, 1.807) is 0 Å². The molecule has 1 aliphatic heterocycles. The Morgan fingerprint density at radius 1 is 1.29 bits per heavy atom. The summed E-state index contributed by atoms with van der Waals surface area (Å²) in [7, 11) is -4.11. The number of benzene rings is 1. The monoisotopic (exact) mass is 257 g/mol. The van der Waals surface area contributed by atoms with E-state index in [1.807, 2.05) is 30.3 Å². The molecule has 0 atom stereocenters. The molecule has 0 aromatic heterocycles. The Balaban J connectivity index is 2.00. The molecular weight excluding hydrogens is 246 g/mol. The maximum Gasteiger partial charge on any atom is 0.491 e. The van der Waals surface area contributed by atoms with Gasteiger partial charge in [-0.2, -0.15) is 13.5 Å². The van der Waals surface area contributed by atoms with Crippen molar-refractivity contribution in [2.24, 2.45) is 10.9 Å². The lowest BCUT2D eigenvalue weighted by Gasteiger charge is -2.22. The van der Waals surface area contributed by atoms with Gasteiger partial charge in [0, 0.05) is 0 Å². The molecule has 0 amide bonds. The predicted octanol–water partition coefficient (Wildman–Crippen LogP) is -0.0326. The highest BCUT2D eigenvalue weighted by atomic mass is 32.3. The summed E-state index contributed by atoms with van der Waals surface area (Å²) >= 11 is 0. The molecule has 8 heteroatoms. The van der Waals surface area contributed by atoms with Crippen molar-refractivity contribution in [1.82, 2.24) is 5.06 Å². The summed E-state index contributed by atoms with van der Waals surface area (Å²) in [5.74, 6) is -0.129. The van der Waals surface area contributed by atoms with Crippen LogP contribution in [0, 0.1) is 0 Å². The predicted molar refractivity (Wildman–Crippen MR) is 59.6 cm³/mol. The number of guanidine groups is 1. The van der Waals surface area contributed by atoms with Crippen LogP contribution in [-0.4, -0.2) is 26.0 Å². The maximum absolute atomic E-state index is 11.0. The van der Waals surface area contributed by atoms with Crippen molar-refractivity contribution >= 4 is 16.4 Å². The summed E-state index contributed by atoms with van der Waals surface area (Å²) in [6, 6.07) is 9.52. The van der Waals surface area contributed by atoms with Crippen LogP contribution in [0.4, 0.5) is 0 Å². The summed E-state index contributed by atoms with van der Waals surface area (Å²) in [6.07, 6.45) is 0.576. The lowest BCUT2D eigenvalue weighted by atomic mass is 10.1. The van der Waals surface area contributed by atoms with Crippen molar-refractivity contribution in [3.63, 3.8) is 0 Å². The highest BCUT2D eigenvalue weighted by Gasteiger charge is 2.26.